The zero-order chi connectivity index (χ0) is 9.30. The van der Waals surface area contributed by atoms with Crippen LogP contribution >= 0.6 is 12.2 Å². The Morgan fingerprint density at radius 1 is 1.75 bits per heavy atom. The standard InChI is InChI=1S/C8H14N2OS/c1-5-4-10(3)8(11)6(5)7(12)9-2/h5-6H,4H2,1-3H3,(H,9,12). The zero-order valence-electron chi connectivity index (χ0n) is 7.63. The second-order valence-electron chi connectivity index (χ2n) is 3.29. The average molecular weight is 186 g/mol. The van der Waals surface area contributed by atoms with Gasteiger partial charge in [-0.2, -0.15) is 0 Å². The molecule has 1 N–H and O–H groups in total. The van der Waals surface area contributed by atoms with Crippen molar-refractivity contribution in [3.8, 4) is 0 Å². The minimum absolute atomic E-state index is 0.102. The Hall–Kier alpha value is -0.640. The van der Waals surface area contributed by atoms with Crippen LogP contribution in [0.1, 0.15) is 6.92 Å². The minimum atomic E-state index is -0.102. The summed E-state index contributed by atoms with van der Waals surface area (Å²) in [6.45, 7) is 2.86. The van der Waals surface area contributed by atoms with Crippen LogP contribution in [0.15, 0.2) is 0 Å². The van der Waals surface area contributed by atoms with Crippen LogP contribution < -0.4 is 5.32 Å². The van der Waals surface area contributed by atoms with E-state index < -0.39 is 0 Å². The zero-order valence-corrected chi connectivity index (χ0v) is 8.44. The summed E-state index contributed by atoms with van der Waals surface area (Å²) >= 11 is 5.06. The van der Waals surface area contributed by atoms with Gasteiger partial charge in [0.05, 0.1) is 10.9 Å². The fourth-order valence-electron chi connectivity index (χ4n) is 1.63. The van der Waals surface area contributed by atoms with Gasteiger partial charge in [0.2, 0.25) is 5.91 Å². The van der Waals surface area contributed by atoms with E-state index in [1.807, 2.05) is 7.05 Å². The van der Waals surface area contributed by atoms with E-state index in [-0.39, 0.29) is 11.8 Å². The Morgan fingerprint density at radius 2 is 2.33 bits per heavy atom. The first-order valence-corrected chi connectivity index (χ1v) is 4.45. The first kappa shape index (κ1) is 9.45. The maximum absolute atomic E-state index is 11.5. The molecule has 0 spiro atoms. The first-order valence-electron chi connectivity index (χ1n) is 4.04. The summed E-state index contributed by atoms with van der Waals surface area (Å²) in [4.78, 5) is 13.9. The van der Waals surface area contributed by atoms with Crippen LogP contribution in [0.5, 0.6) is 0 Å². The summed E-state index contributed by atoms with van der Waals surface area (Å²) in [5.41, 5.74) is 0. The Kier molecular flexibility index (Phi) is 2.67. The van der Waals surface area contributed by atoms with E-state index in [2.05, 4.69) is 12.2 Å². The number of hydrogen-bond acceptors (Lipinski definition) is 2. The Balaban J connectivity index is 2.76. The molecule has 0 bridgehead atoms. The molecular weight excluding hydrogens is 172 g/mol. The second-order valence-corrected chi connectivity index (χ2v) is 3.73. The summed E-state index contributed by atoms with van der Waals surface area (Å²) < 4.78 is 0. The molecule has 1 amide bonds. The molecule has 1 saturated heterocycles. The summed E-state index contributed by atoms with van der Waals surface area (Å²) in [5.74, 6) is 0.374. The number of likely N-dealkylation sites (tertiary alicyclic amines) is 1. The number of carbonyl (C=O) groups is 1. The van der Waals surface area contributed by atoms with Gasteiger partial charge in [0.15, 0.2) is 0 Å². The van der Waals surface area contributed by atoms with Crippen molar-refractivity contribution >= 4 is 23.1 Å². The lowest BCUT2D eigenvalue weighted by atomic mass is 9.97. The third kappa shape index (κ3) is 1.43. The van der Waals surface area contributed by atoms with E-state index in [1.54, 1.807) is 11.9 Å². The number of carbonyl (C=O) groups excluding carboxylic acids is 1. The van der Waals surface area contributed by atoms with Crippen molar-refractivity contribution in [1.82, 2.24) is 10.2 Å². The molecule has 0 saturated carbocycles. The van der Waals surface area contributed by atoms with Gasteiger partial charge in [-0.25, -0.2) is 0 Å². The number of thiocarbonyl (C=S) groups is 1. The highest BCUT2D eigenvalue weighted by atomic mass is 32.1. The molecule has 2 unspecified atom stereocenters. The molecule has 0 radical (unpaired) electrons. The van der Waals surface area contributed by atoms with E-state index in [9.17, 15) is 4.79 Å². The second kappa shape index (κ2) is 3.39. The largest absolute Gasteiger partial charge is 0.382 e. The van der Waals surface area contributed by atoms with Crippen molar-refractivity contribution in [2.24, 2.45) is 11.8 Å². The molecule has 68 valence electrons. The van der Waals surface area contributed by atoms with Crippen LogP contribution in [0.25, 0.3) is 0 Å². The Morgan fingerprint density at radius 3 is 2.67 bits per heavy atom. The maximum atomic E-state index is 11.5. The van der Waals surface area contributed by atoms with Crippen molar-refractivity contribution in [2.75, 3.05) is 20.6 Å². The molecule has 4 heteroatoms. The predicted molar refractivity (Wildman–Crippen MR) is 51.9 cm³/mol. The maximum Gasteiger partial charge on any atom is 0.232 e. The molecule has 2 atom stereocenters. The number of rotatable bonds is 1. The van der Waals surface area contributed by atoms with Crippen molar-refractivity contribution in [2.45, 2.75) is 6.92 Å². The van der Waals surface area contributed by atoms with Crippen LogP contribution in [0.3, 0.4) is 0 Å². The van der Waals surface area contributed by atoms with Crippen molar-refractivity contribution in [1.29, 1.82) is 0 Å². The molecule has 0 aromatic rings. The normalized spacial score (nSPS) is 29.2. The van der Waals surface area contributed by atoms with Crippen molar-refractivity contribution < 1.29 is 4.79 Å². The summed E-state index contributed by atoms with van der Waals surface area (Å²) in [6.07, 6.45) is 0. The molecule has 1 aliphatic rings. The number of nitrogens with one attached hydrogen (secondary N) is 1. The molecular formula is C8H14N2OS. The summed E-state index contributed by atoms with van der Waals surface area (Å²) in [5, 5.41) is 2.87. The topological polar surface area (TPSA) is 32.3 Å². The lowest BCUT2D eigenvalue weighted by Gasteiger charge is -2.12. The van der Waals surface area contributed by atoms with Crippen LogP contribution in [0.2, 0.25) is 0 Å². The van der Waals surface area contributed by atoms with Gasteiger partial charge in [0, 0.05) is 20.6 Å². The van der Waals surface area contributed by atoms with Gasteiger partial charge in [0.1, 0.15) is 0 Å². The highest BCUT2D eigenvalue weighted by molar-refractivity contribution is 7.80. The average Bonchev–Trinajstić information content (AvgIpc) is 2.26. The van der Waals surface area contributed by atoms with E-state index in [0.29, 0.717) is 10.9 Å². The highest BCUT2D eigenvalue weighted by Crippen LogP contribution is 2.23. The van der Waals surface area contributed by atoms with Gasteiger partial charge in [-0.05, 0) is 5.92 Å². The summed E-state index contributed by atoms with van der Waals surface area (Å²) in [7, 11) is 3.58. The molecule has 0 aromatic carbocycles. The van der Waals surface area contributed by atoms with Crippen molar-refractivity contribution in [3.05, 3.63) is 0 Å². The molecule has 12 heavy (non-hydrogen) atoms. The molecule has 3 nitrogen and oxygen atoms in total. The Bertz CT molecular complexity index is 217. The SMILES string of the molecule is CNC(=S)C1C(=O)N(C)CC1C. The quantitative estimate of drug-likeness (QED) is 0.596. The lowest BCUT2D eigenvalue weighted by molar-refractivity contribution is -0.128. The molecule has 1 fully saturated rings. The van der Waals surface area contributed by atoms with E-state index in [1.165, 1.54) is 0 Å². The number of hydrogen-bond donors (Lipinski definition) is 1. The van der Waals surface area contributed by atoms with Gasteiger partial charge in [0.25, 0.3) is 0 Å². The molecule has 1 aliphatic heterocycles. The third-order valence-electron chi connectivity index (χ3n) is 2.30. The smallest absolute Gasteiger partial charge is 0.232 e. The van der Waals surface area contributed by atoms with Gasteiger partial charge >= 0.3 is 0 Å². The fourth-order valence-corrected chi connectivity index (χ4v) is 1.97. The minimum Gasteiger partial charge on any atom is -0.382 e. The van der Waals surface area contributed by atoms with Crippen LogP contribution in [0.4, 0.5) is 0 Å². The predicted octanol–water partition coefficient (Wildman–Crippen LogP) is 0.258. The Labute approximate surface area is 78.1 Å². The molecule has 0 aromatic heterocycles. The lowest BCUT2D eigenvalue weighted by Crippen LogP contribution is -2.34. The molecule has 0 aliphatic carbocycles. The van der Waals surface area contributed by atoms with E-state index >= 15 is 0 Å². The van der Waals surface area contributed by atoms with Gasteiger partial charge < -0.3 is 10.2 Å². The van der Waals surface area contributed by atoms with Crippen LogP contribution in [0, 0.1) is 11.8 Å². The summed E-state index contributed by atoms with van der Waals surface area (Å²) in [6, 6.07) is 0. The number of amides is 1. The fraction of sp³-hybridized carbons (Fsp3) is 0.750. The molecule has 1 heterocycles. The van der Waals surface area contributed by atoms with Crippen LogP contribution in [-0.4, -0.2) is 36.4 Å². The van der Waals surface area contributed by atoms with E-state index in [4.69, 9.17) is 12.2 Å². The van der Waals surface area contributed by atoms with Gasteiger partial charge in [-0.1, -0.05) is 19.1 Å². The van der Waals surface area contributed by atoms with Gasteiger partial charge in [-0.15, -0.1) is 0 Å². The van der Waals surface area contributed by atoms with Gasteiger partial charge in [-0.3, -0.25) is 4.79 Å². The van der Waals surface area contributed by atoms with Crippen molar-refractivity contribution in [3.63, 3.8) is 0 Å². The first-order chi connectivity index (χ1) is 5.57. The number of nitrogens with zero attached hydrogens (tertiary/aromatic N) is 1. The van der Waals surface area contributed by atoms with Crippen LogP contribution in [-0.2, 0) is 4.79 Å². The van der Waals surface area contributed by atoms with E-state index in [0.717, 1.165) is 6.54 Å². The molecule has 1 rings (SSSR count). The monoisotopic (exact) mass is 186 g/mol. The highest BCUT2D eigenvalue weighted by Gasteiger charge is 2.37. The third-order valence-corrected chi connectivity index (χ3v) is 2.76.